The smallest absolute Gasteiger partial charge is 0.127 e. The molecule has 1 aromatic rings. The first kappa shape index (κ1) is 15.1. The molecule has 1 fully saturated rings. The number of hydrogen-bond donors (Lipinski definition) is 1. The second kappa shape index (κ2) is 7.50. The lowest BCUT2D eigenvalue weighted by molar-refractivity contribution is 0.198. The highest BCUT2D eigenvalue weighted by Gasteiger charge is 2.18. The number of likely N-dealkylation sites (tertiary alicyclic amines) is 1. The summed E-state index contributed by atoms with van der Waals surface area (Å²) in [5.74, 6) is 1.72. The van der Waals surface area contributed by atoms with E-state index in [-0.39, 0.29) is 0 Å². The average Bonchev–Trinajstić information content (AvgIpc) is 2.52. The number of benzene rings is 1. The van der Waals surface area contributed by atoms with E-state index < -0.39 is 0 Å². The van der Waals surface area contributed by atoms with Crippen molar-refractivity contribution in [2.45, 2.75) is 32.4 Å². The van der Waals surface area contributed by atoms with Crippen LogP contribution in [0.25, 0.3) is 0 Å². The fourth-order valence-corrected chi connectivity index (χ4v) is 2.76. The van der Waals surface area contributed by atoms with Crippen molar-refractivity contribution in [2.75, 3.05) is 33.9 Å². The second-order valence-electron chi connectivity index (χ2n) is 5.29. The molecule has 112 valence electrons. The molecule has 1 N–H and O–H groups in total. The van der Waals surface area contributed by atoms with Crippen LogP contribution in [0.4, 0.5) is 0 Å². The van der Waals surface area contributed by atoms with Gasteiger partial charge in [-0.3, -0.25) is 0 Å². The fraction of sp³-hybridized carbons (Fsp3) is 0.625. The van der Waals surface area contributed by atoms with Gasteiger partial charge in [-0.2, -0.15) is 0 Å². The van der Waals surface area contributed by atoms with E-state index in [1.807, 2.05) is 12.1 Å². The van der Waals surface area contributed by atoms with E-state index in [0.29, 0.717) is 6.04 Å². The van der Waals surface area contributed by atoms with Crippen molar-refractivity contribution in [3.63, 3.8) is 0 Å². The number of methoxy groups -OCH3 is 2. The van der Waals surface area contributed by atoms with Gasteiger partial charge in [0.1, 0.15) is 11.5 Å². The third kappa shape index (κ3) is 3.87. The number of piperidine rings is 1. The molecule has 4 nitrogen and oxygen atoms in total. The minimum Gasteiger partial charge on any atom is -0.497 e. The van der Waals surface area contributed by atoms with E-state index in [1.54, 1.807) is 14.2 Å². The summed E-state index contributed by atoms with van der Waals surface area (Å²) in [6, 6.07) is 6.58. The summed E-state index contributed by atoms with van der Waals surface area (Å²) in [5, 5.41) is 3.65. The van der Waals surface area contributed by atoms with E-state index >= 15 is 0 Å². The lowest BCUT2D eigenvalue weighted by Gasteiger charge is -2.32. The highest BCUT2D eigenvalue weighted by Crippen LogP contribution is 2.24. The summed E-state index contributed by atoms with van der Waals surface area (Å²) in [5.41, 5.74) is 1.18. The van der Waals surface area contributed by atoms with Crippen molar-refractivity contribution in [3.05, 3.63) is 23.8 Å². The number of ether oxygens (including phenoxy) is 2. The predicted octanol–water partition coefficient (Wildman–Crippen LogP) is 2.28. The molecular weight excluding hydrogens is 252 g/mol. The first-order valence-electron chi connectivity index (χ1n) is 7.43. The Labute approximate surface area is 122 Å². The van der Waals surface area contributed by atoms with Crippen LogP contribution in [0.5, 0.6) is 11.5 Å². The van der Waals surface area contributed by atoms with Crippen molar-refractivity contribution in [3.8, 4) is 11.5 Å². The van der Waals surface area contributed by atoms with Crippen molar-refractivity contribution in [2.24, 2.45) is 0 Å². The van der Waals surface area contributed by atoms with Crippen LogP contribution in [0.1, 0.15) is 25.3 Å². The van der Waals surface area contributed by atoms with E-state index in [4.69, 9.17) is 9.47 Å². The third-order valence-corrected chi connectivity index (χ3v) is 4.03. The van der Waals surface area contributed by atoms with Gasteiger partial charge in [0.05, 0.1) is 14.2 Å². The van der Waals surface area contributed by atoms with Crippen LogP contribution in [0.15, 0.2) is 18.2 Å². The molecule has 0 aromatic heterocycles. The average molecular weight is 278 g/mol. The molecule has 4 heteroatoms. The highest BCUT2D eigenvalue weighted by atomic mass is 16.5. The molecule has 1 atom stereocenters. The molecule has 0 bridgehead atoms. The third-order valence-electron chi connectivity index (χ3n) is 4.03. The number of nitrogens with zero attached hydrogens (tertiary/aromatic N) is 1. The lowest BCUT2D eigenvalue weighted by Crippen LogP contribution is -2.45. The van der Waals surface area contributed by atoms with Gasteiger partial charge in [0.2, 0.25) is 0 Å². The highest BCUT2D eigenvalue weighted by molar-refractivity contribution is 5.40. The van der Waals surface area contributed by atoms with Gasteiger partial charge < -0.3 is 19.7 Å². The Kier molecular flexibility index (Phi) is 5.68. The zero-order chi connectivity index (χ0) is 14.4. The van der Waals surface area contributed by atoms with Crippen LogP contribution in [0, 0.1) is 0 Å². The monoisotopic (exact) mass is 278 g/mol. The maximum absolute atomic E-state index is 5.44. The summed E-state index contributed by atoms with van der Waals surface area (Å²) < 4.78 is 10.7. The van der Waals surface area contributed by atoms with Crippen LogP contribution in [-0.4, -0.2) is 44.8 Å². The summed E-state index contributed by atoms with van der Waals surface area (Å²) in [6.45, 7) is 6.60. The van der Waals surface area contributed by atoms with Crippen molar-refractivity contribution < 1.29 is 9.47 Å². The second-order valence-corrected chi connectivity index (χ2v) is 5.29. The largest absolute Gasteiger partial charge is 0.497 e. The minimum absolute atomic E-state index is 0.579. The van der Waals surface area contributed by atoms with E-state index in [2.05, 4.69) is 23.2 Å². The molecule has 0 aliphatic carbocycles. The maximum Gasteiger partial charge on any atom is 0.127 e. The van der Waals surface area contributed by atoms with Gasteiger partial charge in [0, 0.05) is 30.8 Å². The van der Waals surface area contributed by atoms with Gasteiger partial charge in [0.25, 0.3) is 0 Å². The van der Waals surface area contributed by atoms with Gasteiger partial charge in [-0.05, 0) is 32.0 Å². The lowest BCUT2D eigenvalue weighted by atomic mass is 10.1. The topological polar surface area (TPSA) is 33.7 Å². The Morgan fingerprint density at radius 3 is 2.85 bits per heavy atom. The van der Waals surface area contributed by atoms with Gasteiger partial charge >= 0.3 is 0 Å². The Bertz CT molecular complexity index is 423. The zero-order valence-corrected chi connectivity index (χ0v) is 12.8. The molecule has 0 amide bonds. The predicted molar refractivity (Wildman–Crippen MR) is 81.5 cm³/mol. The number of rotatable bonds is 6. The summed E-state index contributed by atoms with van der Waals surface area (Å²) in [7, 11) is 3.38. The summed E-state index contributed by atoms with van der Waals surface area (Å²) in [4.78, 5) is 2.51. The molecule has 0 spiro atoms. The molecule has 1 aliphatic rings. The van der Waals surface area contributed by atoms with Gasteiger partial charge in [0.15, 0.2) is 0 Å². The molecule has 1 unspecified atom stereocenters. The van der Waals surface area contributed by atoms with Gasteiger partial charge in [-0.1, -0.05) is 13.0 Å². The molecule has 20 heavy (non-hydrogen) atoms. The first-order valence-corrected chi connectivity index (χ1v) is 7.43. The number of likely N-dealkylation sites (N-methyl/N-ethyl adjacent to an activating group) is 1. The molecule has 1 aromatic carbocycles. The molecule has 1 heterocycles. The molecule has 1 saturated heterocycles. The molecule has 0 saturated carbocycles. The zero-order valence-electron chi connectivity index (χ0n) is 12.8. The Balaban J connectivity index is 1.93. The number of nitrogens with one attached hydrogen (secondary N) is 1. The van der Waals surface area contributed by atoms with E-state index in [1.165, 1.54) is 24.9 Å². The van der Waals surface area contributed by atoms with Crippen LogP contribution in [-0.2, 0) is 6.54 Å². The normalized spacial score (nSPS) is 19.9. The Hall–Kier alpha value is -1.26. The van der Waals surface area contributed by atoms with Crippen molar-refractivity contribution in [1.82, 2.24) is 10.2 Å². The first-order chi connectivity index (χ1) is 9.76. The van der Waals surface area contributed by atoms with Crippen molar-refractivity contribution >= 4 is 0 Å². The standard InChI is InChI=1S/C16H26N2O2/c1-4-18-9-5-6-14(12-18)17-11-13-7-8-15(19-2)10-16(13)20-3/h7-8,10,14,17H,4-6,9,11-12H2,1-3H3. The molecular formula is C16H26N2O2. The quantitative estimate of drug-likeness (QED) is 0.865. The fourth-order valence-electron chi connectivity index (χ4n) is 2.76. The van der Waals surface area contributed by atoms with Crippen molar-refractivity contribution in [1.29, 1.82) is 0 Å². The number of hydrogen-bond acceptors (Lipinski definition) is 4. The van der Waals surface area contributed by atoms with E-state index in [0.717, 1.165) is 31.1 Å². The molecule has 2 rings (SSSR count). The van der Waals surface area contributed by atoms with Crippen LogP contribution >= 0.6 is 0 Å². The van der Waals surface area contributed by atoms with Gasteiger partial charge in [-0.15, -0.1) is 0 Å². The Morgan fingerprint density at radius 1 is 1.30 bits per heavy atom. The maximum atomic E-state index is 5.44. The van der Waals surface area contributed by atoms with Crippen LogP contribution in [0.3, 0.4) is 0 Å². The van der Waals surface area contributed by atoms with Crippen LogP contribution < -0.4 is 14.8 Å². The van der Waals surface area contributed by atoms with Crippen LogP contribution in [0.2, 0.25) is 0 Å². The van der Waals surface area contributed by atoms with Gasteiger partial charge in [-0.25, -0.2) is 0 Å². The summed E-state index contributed by atoms with van der Waals surface area (Å²) >= 11 is 0. The van der Waals surface area contributed by atoms with E-state index in [9.17, 15) is 0 Å². The summed E-state index contributed by atoms with van der Waals surface area (Å²) in [6.07, 6.45) is 2.54. The minimum atomic E-state index is 0.579. The molecule has 1 aliphatic heterocycles. The molecule has 0 radical (unpaired) electrons. The Morgan fingerprint density at radius 2 is 2.15 bits per heavy atom. The SMILES string of the molecule is CCN1CCCC(NCc2ccc(OC)cc2OC)C1.